The number of fused-ring (bicyclic) bond motifs is 1. The van der Waals surface area contributed by atoms with Gasteiger partial charge in [0, 0.05) is 16.9 Å². The van der Waals surface area contributed by atoms with Crippen molar-refractivity contribution in [2.24, 2.45) is 5.41 Å². The molecule has 2 atom stereocenters. The maximum Gasteiger partial charge on any atom is 0.170 e. The molecule has 3 rings (SSSR count). The second kappa shape index (κ2) is 5.92. The molecule has 112 valence electrons. The van der Waals surface area contributed by atoms with Crippen LogP contribution >= 0.6 is 0 Å². The van der Waals surface area contributed by atoms with E-state index in [4.69, 9.17) is 0 Å². The lowest BCUT2D eigenvalue weighted by Crippen LogP contribution is -2.40. The Hall–Kier alpha value is -2.15. The Labute approximate surface area is 132 Å². The number of carbonyl (C=O) groups excluding carboxylic acids is 1. The molecule has 0 aliphatic heterocycles. The minimum Gasteiger partial charge on any atom is -0.294 e. The topological polar surface area (TPSA) is 17.1 Å². The smallest absolute Gasteiger partial charge is 0.170 e. The molecule has 0 saturated carbocycles. The van der Waals surface area contributed by atoms with Crippen molar-refractivity contribution in [3.8, 4) is 0 Å². The number of Topliss-reactive ketones (excluding diaryl/α,β-unsaturated/α-hetero) is 1. The molecule has 0 bridgehead atoms. The molecule has 0 radical (unpaired) electrons. The molecule has 0 amide bonds. The number of hydrogen-bond acceptors (Lipinski definition) is 1. The van der Waals surface area contributed by atoms with E-state index in [-0.39, 0.29) is 17.1 Å². The van der Waals surface area contributed by atoms with Gasteiger partial charge in [-0.2, -0.15) is 0 Å². The van der Waals surface area contributed by atoms with Crippen LogP contribution in [0.4, 0.5) is 0 Å². The maximum absolute atomic E-state index is 13.3. The predicted octanol–water partition coefficient (Wildman–Crippen LogP) is 5.18. The van der Waals surface area contributed by atoms with Crippen LogP contribution in [0.15, 0.2) is 67.3 Å². The van der Waals surface area contributed by atoms with E-state index in [1.54, 1.807) is 0 Å². The monoisotopic (exact) mass is 290 g/mol. The zero-order valence-electron chi connectivity index (χ0n) is 13.1. The molecule has 0 saturated heterocycles. The Morgan fingerprint density at radius 3 is 2.50 bits per heavy atom. The highest BCUT2D eigenvalue weighted by Crippen LogP contribution is 2.48. The molecule has 1 nitrogen and oxygen atoms in total. The molecule has 0 spiro atoms. The molecule has 0 N–H and O–H groups in total. The van der Waals surface area contributed by atoms with Gasteiger partial charge in [0.05, 0.1) is 0 Å². The molecule has 0 aromatic heterocycles. The van der Waals surface area contributed by atoms with Gasteiger partial charge in [-0.1, -0.05) is 67.6 Å². The van der Waals surface area contributed by atoms with Crippen molar-refractivity contribution in [3.05, 3.63) is 83.9 Å². The number of rotatable bonds is 4. The third-order valence-electron chi connectivity index (χ3n) is 5.18. The molecule has 1 heteroatoms. The molecule has 1 aliphatic carbocycles. The lowest BCUT2D eigenvalue weighted by molar-refractivity contribution is 0.0717. The van der Waals surface area contributed by atoms with E-state index in [2.05, 4.69) is 31.7 Å². The molecule has 1 aliphatic rings. The van der Waals surface area contributed by atoms with E-state index in [9.17, 15) is 4.79 Å². The van der Waals surface area contributed by atoms with Crippen molar-refractivity contribution < 1.29 is 4.79 Å². The molecule has 0 heterocycles. The summed E-state index contributed by atoms with van der Waals surface area (Å²) in [6, 6.07) is 18.4. The average molecular weight is 290 g/mol. The van der Waals surface area contributed by atoms with Crippen molar-refractivity contribution in [2.75, 3.05) is 0 Å². The third-order valence-corrected chi connectivity index (χ3v) is 5.18. The maximum atomic E-state index is 13.3. The second-order valence-electron chi connectivity index (χ2n) is 6.12. The minimum absolute atomic E-state index is 0.0690. The highest BCUT2D eigenvalue weighted by molar-refractivity contribution is 6.03. The highest BCUT2D eigenvalue weighted by atomic mass is 16.1. The van der Waals surface area contributed by atoms with Gasteiger partial charge < -0.3 is 0 Å². The summed E-state index contributed by atoms with van der Waals surface area (Å²) in [5.74, 6) is 0.352. The number of allylic oxidation sites excluding steroid dienone is 1. The Morgan fingerprint density at radius 1 is 1.14 bits per heavy atom. The first-order valence-corrected chi connectivity index (χ1v) is 8.03. The van der Waals surface area contributed by atoms with Crippen LogP contribution in [0.1, 0.15) is 47.2 Å². The van der Waals surface area contributed by atoms with Gasteiger partial charge in [0.15, 0.2) is 5.78 Å². The van der Waals surface area contributed by atoms with E-state index in [0.29, 0.717) is 0 Å². The fourth-order valence-electron chi connectivity index (χ4n) is 3.89. The number of carbonyl (C=O) groups is 1. The first kappa shape index (κ1) is 14.8. The fourth-order valence-corrected chi connectivity index (χ4v) is 3.89. The number of benzene rings is 2. The van der Waals surface area contributed by atoms with Crippen LogP contribution in [-0.2, 0) is 6.42 Å². The van der Waals surface area contributed by atoms with Gasteiger partial charge in [-0.05, 0) is 30.4 Å². The van der Waals surface area contributed by atoms with Gasteiger partial charge in [-0.25, -0.2) is 0 Å². The summed E-state index contributed by atoms with van der Waals surface area (Å²) in [6.45, 7) is 6.17. The number of ketones is 1. The zero-order valence-corrected chi connectivity index (χ0v) is 13.1. The number of aryl methyl sites for hydroxylation is 1. The first-order chi connectivity index (χ1) is 10.7. The summed E-state index contributed by atoms with van der Waals surface area (Å²) >= 11 is 0. The van der Waals surface area contributed by atoms with Crippen molar-refractivity contribution in [1.82, 2.24) is 0 Å². The van der Waals surface area contributed by atoms with E-state index < -0.39 is 0 Å². The van der Waals surface area contributed by atoms with Gasteiger partial charge in [-0.15, -0.1) is 6.58 Å². The van der Waals surface area contributed by atoms with E-state index in [1.165, 1.54) is 11.1 Å². The van der Waals surface area contributed by atoms with E-state index in [0.717, 1.165) is 24.8 Å². The average Bonchev–Trinajstić information content (AvgIpc) is 2.59. The normalized spacial score (nSPS) is 22.0. The van der Waals surface area contributed by atoms with Crippen molar-refractivity contribution in [2.45, 2.75) is 32.1 Å². The van der Waals surface area contributed by atoms with Crippen molar-refractivity contribution >= 4 is 5.78 Å². The summed E-state index contributed by atoms with van der Waals surface area (Å²) in [4.78, 5) is 13.3. The molecule has 2 aromatic rings. The molecule has 2 aromatic carbocycles. The van der Waals surface area contributed by atoms with Crippen LogP contribution in [0.25, 0.3) is 0 Å². The summed E-state index contributed by atoms with van der Waals surface area (Å²) in [7, 11) is 0. The quantitative estimate of drug-likeness (QED) is 0.709. The minimum atomic E-state index is -0.364. The van der Waals surface area contributed by atoms with Crippen LogP contribution in [0, 0.1) is 5.41 Å². The van der Waals surface area contributed by atoms with Crippen molar-refractivity contribution in [3.63, 3.8) is 0 Å². The molecular formula is C21H22O. The highest BCUT2D eigenvalue weighted by Gasteiger charge is 2.46. The predicted molar refractivity (Wildman–Crippen MR) is 91.2 cm³/mol. The lowest BCUT2D eigenvalue weighted by Gasteiger charge is -2.41. The van der Waals surface area contributed by atoms with Gasteiger partial charge >= 0.3 is 0 Å². The summed E-state index contributed by atoms with van der Waals surface area (Å²) < 4.78 is 0. The Kier molecular flexibility index (Phi) is 3.98. The standard InChI is InChI=1S/C21H22O/c1-3-19(17-11-6-5-7-12-17)21(4-2)15-14-16-10-8-9-13-18(16)20(21)22/h3,5-13,19H,1,4,14-15H2,2H3/t19-,21+/m1/s1. The van der Waals surface area contributed by atoms with Crippen LogP contribution in [0.2, 0.25) is 0 Å². The molecule has 0 unspecified atom stereocenters. The molecule has 0 fully saturated rings. The molecule has 22 heavy (non-hydrogen) atoms. The summed E-state index contributed by atoms with van der Waals surface area (Å²) in [5.41, 5.74) is 2.91. The van der Waals surface area contributed by atoms with Gasteiger partial charge in [0.1, 0.15) is 0 Å². The Morgan fingerprint density at radius 2 is 1.82 bits per heavy atom. The third kappa shape index (κ3) is 2.21. The van der Waals surface area contributed by atoms with E-state index in [1.807, 2.05) is 42.5 Å². The van der Waals surface area contributed by atoms with Crippen LogP contribution in [0.5, 0.6) is 0 Å². The van der Waals surface area contributed by atoms with Crippen molar-refractivity contribution in [1.29, 1.82) is 0 Å². The van der Waals surface area contributed by atoms with Gasteiger partial charge in [0.25, 0.3) is 0 Å². The zero-order chi connectivity index (χ0) is 15.6. The van der Waals surface area contributed by atoms with Crippen LogP contribution < -0.4 is 0 Å². The molecular weight excluding hydrogens is 268 g/mol. The number of hydrogen-bond donors (Lipinski definition) is 0. The van der Waals surface area contributed by atoms with Crippen LogP contribution in [-0.4, -0.2) is 5.78 Å². The SMILES string of the molecule is C=C[C@H](c1ccccc1)[C@]1(CC)CCc2ccccc2C1=O. The fraction of sp³-hybridized carbons (Fsp3) is 0.286. The Bertz CT molecular complexity index is 686. The van der Waals surface area contributed by atoms with Gasteiger partial charge in [0.2, 0.25) is 0 Å². The Balaban J connectivity index is 2.10. The first-order valence-electron chi connectivity index (χ1n) is 8.03. The summed E-state index contributed by atoms with van der Waals surface area (Å²) in [6.07, 6.45) is 4.66. The summed E-state index contributed by atoms with van der Waals surface area (Å²) in [5, 5.41) is 0. The van der Waals surface area contributed by atoms with Crippen LogP contribution in [0.3, 0.4) is 0 Å². The van der Waals surface area contributed by atoms with Gasteiger partial charge in [-0.3, -0.25) is 4.79 Å². The second-order valence-corrected chi connectivity index (χ2v) is 6.12. The van der Waals surface area contributed by atoms with E-state index >= 15 is 0 Å². The lowest BCUT2D eigenvalue weighted by atomic mass is 9.60. The largest absolute Gasteiger partial charge is 0.294 e.